The molecule has 4 N–H and O–H groups in total. The summed E-state index contributed by atoms with van der Waals surface area (Å²) in [6.45, 7) is 3.01. The Balaban J connectivity index is 1.89. The van der Waals surface area contributed by atoms with E-state index in [4.69, 9.17) is 10.5 Å². The molecule has 0 aliphatic rings. The first-order valence-electron chi connectivity index (χ1n) is 9.00. The predicted octanol–water partition coefficient (Wildman–Crippen LogP) is 1.72. The molecule has 0 aliphatic heterocycles. The molecule has 2 aromatic rings. The van der Waals surface area contributed by atoms with E-state index in [1.165, 1.54) is 24.3 Å². The van der Waals surface area contributed by atoms with Crippen LogP contribution in [0.1, 0.15) is 34.6 Å². The average molecular weight is 397 g/mol. The van der Waals surface area contributed by atoms with Gasteiger partial charge in [-0.15, -0.1) is 0 Å². The van der Waals surface area contributed by atoms with E-state index in [2.05, 4.69) is 10.6 Å². The fourth-order valence-corrected chi connectivity index (χ4v) is 2.45. The maximum Gasteiger partial charge on any atom is 0.329 e. The van der Waals surface area contributed by atoms with Crippen LogP contribution >= 0.6 is 0 Å². The van der Waals surface area contributed by atoms with Gasteiger partial charge < -0.3 is 21.1 Å². The van der Waals surface area contributed by atoms with Crippen molar-refractivity contribution < 1.29 is 23.9 Å². The number of nitrogens with one attached hydrogen (secondary N) is 2. The first kappa shape index (κ1) is 21.6. The molecule has 0 bridgehead atoms. The highest BCUT2D eigenvalue weighted by molar-refractivity contribution is 5.98. The summed E-state index contributed by atoms with van der Waals surface area (Å²) >= 11 is 0. The molecular formula is C21H23N3O5. The van der Waals surface area contributed by atoms with Crippen LogP contribution in [-0.4, -0.2) is 36.3 Å². The van der Waals surface area contributed by atoms with Gasteiger partial charge in [-0.2, -0.15) is 0 Å². The van der Waals surface area contributed by atoms with Crippen LogP contribution in [0, 0.1) is 5.92 Å². The molecule has 0 saturated carbocycles. The third kappa shape index (κ3) is 6.46. The molecule has 2 rings (SSSR count). The molecule has 0 saturated heterocycles. The Morgan fingerprint density at radius 1 is 0.931 bits per heavy atom. The quantitative estimate of drug-likeness (QED) is 0.585. The van der Waals surface area contributed by atoms with Crippen LogP contribution in [-0.2, 0) is 14.3 Å². The van der Waals surface area contributed by atoms with Crippen LogP contribution in [0.4, 0.5) is 5.69 Å². The number of amides is 3. The van der Waals surface area contributed by atoms with E-state index in [1.54, 1.807) is 44.2 Å². The molecule has 152 valence electrons. The highest BCUT2D eigenvalue weighted by atomic mass is 16.5. The normalized spacial score (nSPS) is 11.4. The van der Waals surface area contributed by atoms with Crippen LogP contribution < -0.4 is 16.4 Å². The van der Waals surface area contributed by atoms with Crippen LogP contribution in [0.2, 0.25) is 0 Å². The molecule has 8 heteroatoms. The van der Waals surface area contributed by atoms with Gasteiger partial charge in [-0.3, -0.25) is 14.4 Å². The number of esters is 1. The second-order valence-electron chi connectivity index (χ2n) is 6.66. The SMILES string of the molecule is CC(C)[C@@H](NC(=O)c1ccccc1)C(=O)OCC(=O)Nc1ccc(C(N)=O)cc1. The summed E-state index contributed by atoms with van der Waals surface area (Å²) in [5, 5.41) is 5.18. The number of hydrogen-bond acceptors (Lipinski definition) is 5. The molecular weight excluding hydrogens is 374 g/mol. The third-order valence-electron chi connectivity index (χ3n) is 4.04. The van der Waals surface area contributed by atoms with Gasteiger partial charge in [0.1, 0.15) is 6.04 Å². The van der Waals surface area contributed by atoms with Crippen molar-refractivity contribution in [3.63, 3.8) is 0 Å². The van der Waals surface area contributed by atoms with Crippen LogP contribution in [0.3, 0.4) is 0 Å². The largest absolute Gasteiger partial charge is 0.454 e. The van der Waals surface area contributed by atoms with E-state index >= 15 is 0 Å². The van der Waals surface area contributed by atoms with Gasteiger partial charge in [0.15, 0.2) is 6.61 Å². The minimum Gasteiger partial charge on any atom is -0.454 e. The first-order valence-corrected chi connectivity index (χ1v) is 9.00. The van der Waals surface area contributed by atoms with Gasteiger partial charge in [0.2, 0.25) is 5.91 Å². The Labute approximate surface area is 168 Å². The number of ether oxygens (including phenoxy) is 1. The molecule has 0 radical (unpaired) electrons. The summed E-state index contributed by atoms with van der Waals surface area (Å²) in [6.07, 6.45) is 0. The number of hydrogen-bond donors (Lipinski definition) is 3. The molecule has 0 aliphatic carbocycles. The summed E-state index contributed by atoms with van der Waals surface area (Å²) in [5.41, 5.74) is 6.31. The van der Waals surface area contributed by atoms with Gasteiger partial charge >= 0.3 is 5.97 Å². The molecule has 0 heterocycles. The minimum absolute atomic E-state index is 0.237. The van der Waals surface area contributed by atoms with Gasteiger partial charge in [0.05, 0.1) is 0 Å². The van der Waals surface area contributed by atoms with E-state index in [-0.39, 0.29) is 5.92 Å². The second-order valence-corrected chi connectivity index (χ2v) is 6.66. The van der Waals surface area contributed by atoms with E-state index < -0.39 is 36.3 Å². The van der Waals surface area contributed by atoms with E-state index in [0.29, 0.717) is 16.8 Å². The summed E-state index contributed by atoms with van der Waals surface area (Å²) in [5.74, 6) is -2.47. The molecule has 0 fully saturated rings. The fraction of sp³-hybridized carbons (Fsp3) is 0.238. The van der Waals surface area contributed by atoms with Crippen molar-refractivity contribution in [2.45, 2.75) is 19.9 Å². The molecule has 0 spiro atoms. The maximum absolute atomic E-state index is 12.4. The molecule has 29 heavy (non-hydrogen) atoms. The fourth-order valence-electron chi connectivity index (χ4n) is 2.45. The Morgan fingerprint density at radius 3 is 2.10 bits per heavy atom. The molecule has 8 nitrogen and oxygen atoms in total. The van der Waals surface area contributed by atoms with Crippen molar-refractivity contribution in [1.82, 2.24) is 5.32 Å². The average Bonchev–Trinajstić information content (AvgIpc) is 2.70. The van der Waals surface area contributed by atoms with Gasteiger partial charge in [-0.25, -0.2) is 4.79 Å². The predicted molar refractivity (Wildman–Crippen MR) is 107 cm³/mol. The standard InChI is InChI=1S/C21H23N3O5/c1-13(2)18(24-20(27)15-6-4-3-5-7-15)21(28)29-12-17(25)23-16-10-8-14(9-11-16)19(22)26/h3-11,13,18H,12H2,1-2H3,(H2,22,26)(H,23,25)(H,24,27)/t18-/m1/s1. The Morgan fingerprint density at radius 2 is 1.55 bits per heavy atom. The lowest BCUT2D eigenvalue weighted by Crippen LogP contribution is -2.45. The minimum atomic E-state index is -0.898. The summed E-state index contributed by atoms with van der Waals surface area (Å²) < 4.78 is 5.06. The number of carbonyl (C=O) groups is 4. The van der Waals surface area contributed by atoms with Crippen LogP contribution in [0.15, 0.2) is 54.6 Å². The number of nitrogens with two attached hydrogens (primary N) is 1. The van der Waals surface area contributed by atoms with Crippen molar-refractivity contribution in [2.75, 3.05) is 11.9 Å². The smallest absolute Gasteiger partial charge is 0.329 e. The number of benzene rings is 2. The first-order chi connectivity index (χ1) is 13.8. The van der Waals surface area contributed by atoms with Gasteiger partial charge in [-0.05, 0) is 42.3 Å². The van der Waals surface area contributed by atoms with E-state index in [0.717, 1.165) is 0 Å². The van der Waals surface area contributed by atoms with Crippen molar-refractivity contribution in [2.24, 2.45) is 11.7 Å². The Kier molecular flexibility index (Phi) is 7.47. The van der Waals surface area contributed by atoms with Gasteiger partial charge in [0, 0.05) is 16.8 Å². The third-order valence-corrected chi connectivity index (χ3v) is 4.04. The zero-order valence-corrected chi connectivity index (χ0v) is 16.2. The number of anilines is 1. The Hall–Kier alpha value is -3.68. The summed E-state index contributed by atoms with van der Waals surface area (Å²) in [7, 11) is 0. The van der Waals surface area contributed by atoms with Crippen molar-refractivity contribution >= 4 is 29.4 Å². The molecule has 1 atom stereocenters. The highest BCUT2D eigenvalue weighted by Gasteiger charge is 2.26. The molecule has 0 aromatic heterocycles. The molecule has 0 unspecified atom stereocenters. The highest BCUT2D eigenvalue weighted by Crippen LogP contribution is 2.10. The van der Waals surface area contributed by atoms with Crippen LogP contribution in [0.25, 0.3) is 0 Å². The topological polar surface area (TPSA) is 128 Å². The zero-order valence-electron chi connectivity index (χ0n) is 16.2. The number of primary amides is 1. The molecule has 2 aromatic carbocycles. The lowest BCUT2D eigenvalue weighted by Gasteiger charge is -2.20. The van der Waals surface area contributed by atoms with Gasteiger partial charge in [0.25, 0.3) is 11.8 Å². The summed E-state index contributed by atoms with van der Waals surface area (Å²) in [6, 6.07) is 13.6. The van der Waals surface area contributed by atoms with Crippen molar-refractivity contribution in [1.29, 1.82) is 0 Å². The monoisotopic (exact) mass is 397 g/mol. The number of rotatable bonds is 8. The second kappa shape index (κ2) is 10.0. The van der Waals surface area contributed by atoms with Crippen molar-refractivity contribution in [3.05, 3.63) is 65.7 Å². The maximum atomic E-state index is 12.4. The lowest BCUT2D eigenvalue weighted by atomic mass is 10.0. The Bertz CT molecular complexity index is 879. The zero-order chi connectivity index (χ0) is 21.4. The van der Waals surface area contributed by atoms with E-state index in [1.807, 2.05) is 0 Å². The molecule has 3 amide bonds. The van der Waals surface area contributed by atoms with Crippen LogP contribution in [0.5, 0.6) is 0 Å². The van der Waals surface area contributed by atoms with Gasteiger partial charge in [-0.1, -0.05) is 32.0 Å². The summed E-state index contributed by atoms with van der Waals surface area (Å²) in [4.78, 5) is 47.7. The van der Waals surface area contributed by atoms with E-state index in [9.17, 15) is 19.2 Å². The lowest BCUT2D eigenvalue weighted by molar-refractivity contribution is -0.150. The number of carbonyl (C=O) groups excluding carboxylic acids is 4. The van der Waals surface area contributed by atoms with Crippen molar-refractivity contribution in [3.8, 4) is 0 Å².